The van der Waals surface area contributed by atoms with Crippen LogP contribution >= 0.6 is 0 Å². The summed E-state index contributed by atoms with van der Waals surface area (Å²) in [6.45, 7) is 10.8. The number of ether oxygens (including phenoxy) is 1. The SMILES string of the molecule is CC(C)CNCC(C)NC[C@H]1CCCO1. The van der Waals surface area contributed by atoms with Gasteiger partial charge in [-0.05, 0) is 32.2 Å². The topological polar surface area (TPSA) is 33.3 Å². The van der Waals surface area contributed by atoms with Crippen LogP contribution < -0.4 is 10.6 Å². The Hall–Kier alpha value is -0.120. The molecule has 2 N–H and O–H groups in total. The highest BCUT2D eigenvalue weighted by Crippen LogP contribution is 2.10. The summed E-state index contributed by atoms with van der Waals surface area (Å²) in [5.74, 6) is 0.732. The maximum absolute atomic E-state index is 5.56. The fraction of sp³-hybridized carbons (Fsp3) is 1.00. The van der Waals surface area contributed by atoms with Crippen molar-refractivity contribution in [3.05, 3.63) is 0 Å². The molecule has 0 aromatic heterocycles. The Morgan fingerprint density at radius 2 is 2.07 bits per heavy atom. The lowest BCUT2D eigenvalue weighted by Crippen LogP contribution is -2.40. The van der Waals surface area contributed by atoms with Gasteiger partial charge in [-0.2, -0.15) is 0 Å². The van der Waals surface area contributed by atoms with Crippen molar-refractivity contribution in [3.8, 4) is 0 Å². The minimum absolute atomic E-state index is 0.456. The van der Waals surface area contributed by atoms with Gasteiger partial charge >= 0.3 is 0 Å². The normalized spacial score (nSPS) is 23.6. The fourth-order valence-electron chi connectivity index (χ4n) is 1.80. The van der Waals surface area contributed by atoms with E-state index in [2.05, 4.69) is 31.4 Å². The van der Waals surface area contributed by atoms with Crippen LogP contribution in [0.15, 0.2) is 0 Å². The lowest BCUT2D eigenvalue weighted by molar-refractivity contribution is 0.108. The van der Waals surface area contributed by atoms with Crippen LogP contribution in [0.1, 0.15) is 33.6 Å². The molecule has 1 aliphatic heterocycles. The van der Waals surface area contributed by atoms with Crippen LogP contribution in [0.2, 0.25) is 0 Å². The summed E-state index contributed by atoms with van der Waals surface area (Å²) in [7, 11) is 0. The zero-order valence-corrected chi connectivity index (χ0v) is 10.4. The first kappa shape index (κ1) is 12.9. The maximum Gasteiger partial charge on any atom is 0.0700 e. The van der Waals surface area contributed by atoms with Crippen molar-refractivity contribution >= 4 is 0 Å². The highest BCUT2D eigenvalue weighted by atomic mass is 16.5. The third-order valence-electron chi connectivity index (χ3n) is 2.72. The zero-order valence-electron chi connectivity index (χ0n) is 10.4. The standard InChI is InChI=1S/C12H26N2O/c1-10(2)7-13-8-11(3)14-9-12-5-4-6-15-12/h10-14H,4-9H2,1-3H3/t11?,12-/m1/s1. The van der Waals surface area contributed by atoms with E-state index in [0.29, 0.717) is 12.1 Å². The summed E-state index contributed by atoms with van der Waals surface area (Å²) in [5.41, 5.74) is 0. The van der Waals surface area contributed by atoms with Gasteiger partial charge in [0.2, 0.25) is 0 Å². The van der Waals surface area contributed by atoms with Crippen LogP contribution in [0.4, 0.5) is 0 Å². The van der Waals surface area contributed by atoms with E-state index >= 15 is 0 Å². The second-order valence-corrected chi connectivity index (χ2v) is 5.00. The third kappa shape index (κ3) is 6.13. The summed E-state index contributed by atoms with van der Waals surface area (Å²) in [5, 5.41) is 6.97. The van der Waals surface area contributed by atoms with E-state index in [1.165, 1.54) is 12.8 Å². The monoisotopic (exact) mass is 214 g/mol. The Bertz CT molecular complexity index is 156. The van der Waals surface area contributed by atoms with Gasteiger partial charge in [-0.3, -0.25) is 0 Å². The van der Waals surface area contributed by atoms with Gasteiger partial charge in [0.1, 0.15) is 0 Å². The largest absolute Gasteiger partial charge is 0.377 e. The van der Waals surface area contributed by atoms with Crippen LogP contribution in [0, 0.1) is 5.92 Å². The second kappa shape index (κ2) is 7.20. The Morgan fingerprint density at radius 1 is 1.27 bits per heavy atom. The molecule has 1 heterocycles. The highest BCUT2D eigenvalue weighted by molar-refractivity contribution is 4.71. The van der Waals surface area contributed by atoms with Gasteiger partial charge in [-0.1, -0.05) is 13.8 Å². The number of hydrogen-bond acceptors (Lipinski definition) is 3. The van der Waals surface area contributed by atoms with Crippen molar-refractivity contribution in [1.82, 2.24) is 10.6 Å². The maximum atomic E-state index is 5.56. The molecule has 3 heteroatoms. The summed E-state index contributed by atoms with van der Waals surface area (Å²) in [6, 6.07) is 0.535. The van der Waals surface area contributed by atoms with E-state index < -0.39 is 0 Å². The molecular weight excluding hydrogens is 188 g/mol. The molecule has 0 saturated carbocycles. The van der Waals surface area contributed by atoms with Gasteiger partial charge in [0.15, 0.2) is 0 Å². The molecule has 0 amide bonds. The van der Waals surface area contributed by atoms with E-state index in [0.717, 1.165) is 32.2 Å². The van der Waals surface area contributed by atoms with Gasteiger partial charge in [0.25, 0.3) is 0 Å². The molecule has 2 atom stereocenters. The molecule has 0 spiro atoms. The van der Waals surface area contributed by atoms with Crippen LogP contribution in [0.3, 0.4) is 0 Å². The molecule has 3 nitrogen and oxygen atoms in total. The van der Waals surface area contributed by atoms with Crippen molar-refractivity contribution in [2.24, 2.45) is 5.92 Å². The summed E-state index contributed by atoms with van der Waals surface area (Å²) in [6.07, 6.45) is 2.91. The first-order valence-electron chi connectivity index (χ1n) is 6.24. The first-order chi connectivity index (χ1) is 7.18. The van der Waals surface area contributed by atoms with Crippen molar-refractivity contribution in [2.75, 3.05) is 26.2 Å². The second-order valence-electron chi connectivity index (χ2n) is 5.00. The Morgan fingerprint density at radius 3 is 2.67 bits per heavy atom. The molecule has 0 aromatic carbocycles. The molecule has 0 radical (unpaired) electrons. The van der Waals surface area contributed by atoms with Gasteiger partial charge in [0.05, 0.1) is 6.10 Å². The summed E-state index contributed by atoms with van der Waals surface area (Å²) in [4.78, 5) is 0. The molecule has 1 fully saturated rings. The average molecular weight is 214 g/mol. The van der Waals surface area contributed by atoms with E-state index in [1.807, 2.05) is 0 Å². The minimum Gasteiger partial charge on any atom is -0.377 e. The van der Waals surface area contributed by atoms with Crippen LogP contribution in [-0.4, -0.2) is 38.4 Å². The van der Waals surface area contributed by atoms with Gasteiger partial charge < -0.3 is 15.4 Å². The Balaban J connectivity index is 1.95. The van der Waals surface area contributed by atoms with Crippen molar-refractivity contribution in [3.63, 3.8) is 0 Å². The number of nitrogens with one attached hydrogen (secondary N) is 2. The molecular formula is C12H26N2O. The van der Waals surface area contributed by atoms with Crippen LogP contribution in [0.25, 0.3) is 0 Å². The lowest BCUT2D eigenvalue weighted by Gasteiger charge is -2.18. The molecule has 1 aliphatic rings. The first-order valence-corrected chi connectivity index (χ1v) is 6.24. The highest BCUT2D eigenvalue weighted by Gasteiger charge is 2.15. The van der Waals surface area contributed by atoms with E-state index in [4.69, 9.17) is 4.74 Å². The van der Waals surface area contributed by atoms with Crippen LogP contribution in [-0.2, 0) is 4.74 Å². The van der Waals surface area contributed by atoms with E-state index in [9.17, 15) is 0 Å². The number of hydrogen-bond donors (Lipinski definition) is 2. The van der Waals surface area contributed by atoms with Gasteiger partial charge in [-0.15, -0.1) is 0 Å². The Labute approximate surface area is 94.0 Å². The summed E-state index contributed by atoms with van der Waals surface area (Å²) < 4.78 is 5.56. The molecule has 90 valence electrons. The van der Waals surface area contributed by atoms with Gasteiger partial charge in [-0.25, -0.2) is 0 Å². The third-order valence-corrected chi connectivity index (χ3v) is 2.72. The molecule has 1 saturated heterocycles. The predicted molar refractivity (Wildman–Crippen MR) is 64.1 cm³/mol. The van der Waals surface area contributed by atoms with Crippen molar-refractivity contribution < 1.29 is 4.74 Å². The predicted octanol–water partition coefficient (Wildman–Crippen LogP) is 1.39. The molecule has 0 aromatic rings. The smallest absolute Gasteiger partial charge is 0.0700 e. The lowest BCUT2D eigenvalue weighted by atomic mass is 10.2. The zero-order chi connectivity index (χ0) is 11.1. The quantitative estimate of drug-likeness (QED) is 0.672. The molecule has 0 aliphatic carbocycles. The minimum atomic E-state index is 0.456. The molecule has 1 unspecified atom stereocenters. The Kier molecular flexibility index (Phi) is 6.22. The molecule has 0 bridgehead atoms. The summed E-state index contributed by atoms with van der Waals surface area (Å²) >= 11 is 0. The molecule has 15 heavy (non-hydrogen) atoms. The van der Waals surface area contributed by atoms with E-state index in [1.54, 1.807) is 0 Å². The average Bonchev–Trinajstić information content (AvgIpc) is 2.66. The van der Waals surface area contributed by atoms with Gasteiger partial charge in [0, 0.05) is 25.7 Å². The fourth-order valence-corrected chi connectivity index (χ4v) is 1.80. The van der Waals surface area contributed by atoms with Crippen molar-refractivity contribution in [1.29, 1.82) is 0 Å². The van der Waals surface area contributed by atoms with E-state index in [-0.39, 0.29) is 0 Å². The number of rotatable bonds is 7. The van der Waals surface area contributed by atoms with Crippen molar-refractivity contribution in [2.45, 2.75) is 45.8 Å². The molecule has 1 rings (SSSR count). The van der Waals surface area contributed by atoms with Crippen LogP contribution in [0.5, 0.6) is 0 Å².